The molecule has 2 aromatic heterocycles. The van der Waals surface area contributed by atoms with Crippen molar-refractivity contribution < 1.29 is 8.42 Å². The SMILES string of the molecule is Cn1cnc(S(=O)(=O)Nc2cccc3cc[nH]c23)c1. The Morgan fingerprint density at radius 2 is 2.16 bits per heavy atom. The van der Waals surface area contributed by atoms with Gasteiger partial charge in [0.2, 0.25) is 0 Å². The Hall–Kier alpha value is -2.28. The summed E-state index contributed by atoms with van der Waals surface area (Å²) in [7, 11) is -1.94. The molecule has 0 unspecified atom stereocenters. The minimum absolute atomic E-state index is 0.00133. The fraction of sp³-hybridized carbons (Fsp3) is 0.0833. The Morgan fingerprint density at radius 1 is 1.32 bits per heavy atom. The van der Waals surface area contributed by atoms with E-state index in [4.69, 9.17) is 0 Å². The highest BCUT2D eigenvalue weighted by Gasteiger charge is 2.18. The van der Waals surface area contributed by atoms with Crippen LogP contribution in [-0.2, 0) is 17.1 Å². The molecule has 0 aliphatic rings. The van der Waals surface area contributed by atoms with Crippen molar-refractivity contribution in [3.05, 3.63) is 43.0 Å². The lowest BCUT2D eigenvalue weighted by Gasteiger charge is -2.06. The second-order valence-corrected chi connectivity index (χ2v) is 5.86. The molecule has 0 spiro atoms. The molecular formula is C12H12N4O2S. The maximum absolute atomic E-state index is 12.2. The minimum Gasteiger partial charge on any atom is -0.359 e. The monoisotopic (exact) mass is 276 g/mol. The number of sulfonamides is 1. The third kappa shape index (κ3) is 2.08. The predicted octanol–water partition coefficient (Wildman–Crippen LogP) is 1.70. The zero-order chi connectivity index (χ0) is 13.5. The number of aromatic nitrogens is 3. The van der Waals surface area contributed by atoms with Crippen molar-refractivity contribution in [3.63, 3.8) is 0 Å². The number of benzene rings is 1. The van der Waals surface area contributed by atoms with Gasteiger partial charge in [-0.3, -0.25) is 4.72 Å². The van der Waals surface area contributed by atoms with Gasteiger partial charge >= 0.3 is 0 Å². The molecule has 0 amide bonds. The number of para-hydroxylation sites is 1. The van der Waals surface area contributed by atoms with Crippen molar-refractivity contribution in [1.82, 2.24) is 14.5 Å². The van der Waals surface area contributed by atoms with E-state index in [9.17, 15) is 8.42 Å². The van der Waals surface area contributed by atoms with Crippen molar-refractivity contribution in [1.29, 1.82) is 0 Å². The Morgan fingerprint density at radius 3 is 2.89 bits per heavy atom. The van der Waals surface area contributed by atoms with Crippen LogP contribution in [0.4, 0.5) is 5.69 Å². The second kappa shape index (κ2) is 4.13. The van der Waals surface area contributed by atoms with Crippen LogP contribution in [0.25, 0.3) is 10.9 Å². The van der Waals surface area contributed by atoms with Gasteiger partial charge in [-0.25, -0.2) is 4.98 Å². The van der Waals surface area contributed by atoms with E-state index in [1.54, 1.807) is 29.9 Å². The number of aromatic amines is 1. The second-order valence-electron chi connectivity index (χ2n) is 4.23. The number of fused-ring (bicyclic) bond motifs is 1. The molecule has 2 N–H and O–H groups in total. The van der Waals surface area contributed by atoms with Crippen molar-refractivity contribution >= 4 is 26.6 Å². The van der Waals surface area contributed by atoms with Crippen molar-refractivity contribution in [2.24, 2.45) is 7.05 Å². The van der Waals surface area contributed by atoms with Gasteiger partial charge in [0.05, 0.1) is 17.5 Å². The van der Waals surface area contributed by atoms with Crippen LogP contribution in [0.1, 0.15) is 0 Å². The summed E-state index contributed by atoms with van der Waals surface area (Å²) >= 11 is 0. The molecule has 0 aliphatic heterocycles. The number of imidazole rings is 1. The summed E-state index contributed by atoms with van der Waals surface area (Å²) in [6, 6.07) is 7.30. The Labute approximate surface area is 110 Å². The lowest BCUT2D eigenvalue weighted by molar-refractivity contribution is 0.598. The Bertz CT molecular complexity index is 832. The molecule has 0 saturated heterocycles. The van der Waals surface area contributed by atoms with Crippen LogP contribution in [0.15, 0.2) is 48.0 Å². The fourth-order valence-electron chi connectivity index (χ4n) is 1.89. The highest BCUT2D eigenvalue weighted by atomic mass is 32.2. The molecule has 1 aromatic carbocycles. The minimum atomic E-state index is -3.66. The summed E-state index contributed by atoms with van der Waals surface area (Å²) in [6.07, 6.45) is 4.67. The molecule has 6 nitrogen and oxygen atoms in total. The zero-order valence-electron chi connectivity index (χ0n) is 10.2. The first-order valence-corrected chi connectivity index (χ1v) is 7.11. The van der Waals surface area contributed by atoms with E-state index in [0.29, 0.717) is 5.69 Å². The largest absolute Gasteiger partial charge is 0.359 e. The first-order valence-electron chi connectivity index (χ1n) is 5.63. The van der Waals surface area contributed by atoms with E-state index in [0.717, 1.165) is 10.9 Å². The summed E-state index contributed by atoms with van der Waals surface area (Å²) in [6.45, 7) is 0. The number of H-pyrrole nitrogens is 1. The number of hydrogen-bond donors (Lipinski definition) is 2. The molecule has 7 heteroatoms. The van der Waals surface area contributed by atoms with E-state index >= 15 is 0 Å². The quantitative estimate of drug-likeness (QED) is 0.764. The molecule has 0 atom stereocenters. The van der Waals surface area contributed by atoms with Crippen LogP contribution in [0.5, 0.6) is 0 Å². The maximum atomic E-state index is 12.2. The van der Waals surface area contributed by atoms with Crippen molar-refractivity contribution in [3.8, 4) is 0 Å². The van der Waals surface area contributed by atoms with Gasteiger partial charge in [0.25, 0.3) is 10.0 Å². The van der Waals surface area contributed by atoms with Crippen LogP contribution >= 0.6 is 0 Å². The van der Waals surface area contributed by atoms with Crippen LogP contribution in [0.3, 0.4) is 0 Å². The van der Waals surface area contributed by atoms with Gasteiger partial charge in [0.1, 0.15) is 0 Å². The average molecular weight is 276 g/mol. The zero-order valence-corrected chi connectivity index (χ0v) is 11.0. The van der Waals surface area contributed by atoms with Crippen LogP contribution < -0.4 is 4.72 Å². The normalized spacial score (nSPS) is 11.8. The molecule has 0 radical (unpaired) electrons. The van der Waals surface area contributed by atoms with Crippen LogP contribution in [-0.4, -0.2) is 23.0 Å². The van der Waals surface area contributed by atoms with Gasteiger partial charge in [-0.1, -0.05) is 12.1 Å². The number of nitrogens with zero attached hydrogens (tertiary/aromatic N) is 2. The first kappa shape index (κ1) is 11.8. The molecule has 0 bridgehead atoms. The maximum Gasteiger partial charge on any atom is 0.281 e. The lowest BCUT2D eigenvalue weighted by Crippen LogP contribution is -2.13. The van der Waals surface area contributed by atoms with E-state index in [1.807, 2.05) is 12.1 Å². The predicted molar refractivity (Wildman–Crippen MR) is 72.3 cm³/mol. The number of rotatable bonds is 3. The van der Waals surface area contributed by atoms with Gasteiger partial charge in [0.15, 0.2) is 5.03 Å². The van der Waals surface area contributed by atoms with E-state index < -0.39 is 10.0 Å². The standard InChI is InChI=1S/C12H12N4O2S/c1-16-7-11(14-8-16)19(17,18)15-10-4-2-3-9-5-6-13-12(9)10/h2-8,13,15H,1H3. The van der Waals surface area contributed by atoms with Crippen LogP contribution in [0, 0.1) is 0 Å². The Kier molecular flexibility index (Phi) is 2.56. The molecule has 3 aromatic rings. The number of nitrogens with one attached hydrogen (secondary N) is 2. The highest BCUT2D eigenvalue weighted by molar-refractivity contribution is 7.92. The molecule has 98 valence electrons. The number of anilines is 1. The topological polar surface area (TPSA) is 79.8 Å². The summed E-state index contributed by atoms with van der Waals surface area (Å²) in [5.41, 5.74) is 1.26. The molecular weight excluding hydrogens is 264 g/mol. The summed E-state index contributed by atoms with van der Waals surface area (Å²) in [4.78, 5) is 6.87. The number of hydrogen-bond acceptors (Lipinski definition) is 3. The molecule has 3 rings (SSSR count). The number of aryl methyl sites for hydroxylation is 1. The first-order chi connectivity index (χ1) is 9.06. The smallest absolute Gasteiger partial charge is 0.281 e. The van der Waals surface area contributed by atoms with Crippen molar-refractivity contribution in [2.75, 3.05) is 4.72 Å². The summed E-state index contributed by atoms with van der Waals surface area (Å²) in [5, 5.41) is 0.944. The van der Waals surface area contributed by atoms with Gasteiger partial charge in [-0.2, -0.15) is 8.42 Å². The third-order valence-electron chi connectivity index (χ3n) is 2.79. The summed E-state index contributed by atoms with van der Waals surface area (Å²) in [5.74, 6) is 0. The lowest BCUT2D eigenvalue weighted by atomic mass is 10.2. The third-order valence-corrected chi connectivity index (χ3v) is 4.04. The average Bonchev–Trinajstić information content (AvgIpc) is 2.97. The van der Waals surface area contributed by atoms with Gasteiger partial charge in [0, 0.05) is 24.8 Å². The van der Waals surface area contributed by atoms with E-state index in [-0.39, 0.29) is 5.03 Å². The molecule has 19 heavy (non-hydrogen) atoms. The summed E-state index contributed by atoms with van der Waals surface area (Å²) < 4.78 is 28.5. The Balaban J connectivity index is 2.03. The van der Waals surface area contributed by atoms with E-state index in [1.165, 1.54) is 12.5 Å². The fourth-order valence-corrected chi connectivity index (χ4v) is 2.95. The van der Waals surface area contributed by atoms with E-state index in [2.05, 4.69) is 14.7 Å². The molecule has 0 aliphatic carbocycles. The molecule has 2 heterocycles. The van der Waals surface area contributed by atoms with Gasteiger partial charge in [-0.15, -0.1) is 0 Å². The van der Waals surface area contributed by atoms with Crippen molar-refractivity contribution in [2.45, 2.75) is 5.03 Å². The molecule has 0 fully saturated rings. The van der Waals surface area contributed by atoms with Crippen LogP contribution in [0.2, 0.25) is 0 Å². The van der Waals surface area contributed by atoms with Gasteiger partial charge < -0.3 is 9.55 Å². The molecule has 0 saturated carbocycles. The highest BCUT2D eigenvalue weighted by Crippen LogP contribution is 2.23. The van der Waals surface area contributed by atoms with Gasteiger partial charge in [-0.05, 0) is 12.1 Å².